The van der Waals surface area contributed by atoms with Crippen LogP contribution in [0.4, 0.5) is 14.7 Å². The first-order valence-corrected chi connectivity index (χ1v) is 8.57. The van der Waals surface area contributed by atoms with Crippen LogP contribution in [0.25, 0.3) is 11.3 Å². The van der Waals surface area contributed by atoms with Gasteiger partial charge in [0.25, 0.3) is 6.43 Å². The van der Waals surface area contributed by atoms with E-state index < -0.39 is 18.3 Å². The van der Waals surface area contributed by atoms with Gasteiger partial charge in [-0.15, -0.1) is 0 Å². The van der Waals surface area contributed by atoms with Crippen LogP contribution in [0.2, 0.25) is 0 Å². The van der Waals surface area contributed by atoms with E-state index in [4.69, 9.17) is 5.11 Å². The van der Waals surface area contributed by atoms with Gasteiger partial charge in [-0.1, -0.05) is 12.1 Å². The summed E-state index contributed by atoms with van der Waals surface area (Å²) in [6.07, 6.45) is -1.79. The molecule has 1 N–H and O–H groups in total. The van der Waals surface area contributed by atoms with Crippen molar-refractivity contribution in [3.8, 4) is 11.3 Å². The first-order chi connectivity index (χ1) is 12.3. The molecule has 0 radical (unpaired) electrons. The molecule has 1 aromatic heterocycles. The highest BCUT2D eigenvalue weighted by Crippen LogP contribution is 2.28. The molecule has 1 aromatic carbocycles. The number of rotatable bonds is 4. The topological polar surface area (TPSA) is 66.3 Å². The summed E-state index contributed by atoms with van der Waals surface area (Å²) in [4.78, 5) is 21.4. The van der Waals surface area contributed by atoms with Crippen LogP contribution < -0.4 is 4.90 Å². The molecule has 1 aliphatic rings. The molecule has 0 aliphatic carbocycles. The Morgan fingerprint density at radius 2 is 1.85 bits per heavy atom. The molecule has 2 heterocycles. The van der Waals surface area contributed by atoms with E-state index in [1.165, 1.54) is 6.07 Å². The minimum absolute atomic E-state index is 0.236. The average molecular weight is 361 g/mol. The lowest BCUT2D eigenvalue weighted by Crippen LogP contribution is -2.37. The van der Waals surface area contributed by atoms with Crippen molar-refractivity contribution < 1.29 is 18.7 Å². The molecule has 26 heavy (non-hydrogen) atoms. The van der Waals surface area contributed by atoms with Crippen LogP contribution in [0, 0.1) is 19.8 Å². The normalized spacial score (nSPS) is 15.5. The van der Waals surface area contributed by atoms with Gasteiger partial charge >= 0.3 is 5.97 Å². The second-order valence-corrected chi connectivity index (χ2v) is 6.68. The van der Waals surface area contributed by atoms with Crippen molar-refractivity contribution in [1.29, 1.82) is 0 Å². The van der Waals surface area contributed by atoms with Gasteiger partial charge in [0, 0.05) is 18.7 Å². The van der Waals surface area contributed by atoms with Gasteiger partial charge in [0.15, 0.2) is 0 Å². The van der Waals surface area contributed by atoms with Crippen LogP contribution in [0.1, 0.15) is 36.1 Å². The predicted octanol–water partition coefficient (Wildman–Crippen LogP) is 4.00. The Kier molecular flexibility index (Phi) is 5.15. The minimum atomic E-state index is -2.70. The summed E-state index contributed by atoms with van der Waals surface area (Å²) in [7, 11) is 0. The molecule has 7 heteroatoms. The molecule has 138 valence electrons. The van der Waals surface area contributed by atoms with Gasteiger partial charge in [-0.25, -0.2) is 18.7 Å². The number of alkyl halides is 2. The van der Waals surface area contributed by atoms with Gasteiger partial charge in [0.2, 0.25) is 5.95 Å². The number of aliphatic carboxylic acids is 1. The molecule has 0 bridgehead atoms. The summed E-state index contributed by atoms with van der Waals surface area (Å²) in [6.45, 7) is 4.83. The summed E-state index contributed by atoms with van der Waals surface area (Å²) in [5.74, 6) is -0.980. The number of carboxylic acids is 1. The Bertz CT molecular complexity index is 818. The monoisotopic (exact) mass is 361 g/mol. The van der Waals surface area contributed by atoms with Crippen LogP contribution in [0.15, 0.2) is 24.3 Å². The van der Waals surface area contributed by atoms with Gasteiger partial charge < -0.3 is 10.0 Å². The third-order valence-electron chi connectivity index (χ3n) is 4.89. The summed E-state index contributed by atoms with van der Waals surface area (Å²) in [5.41, 5.74) is 3.08. The maximum Gasteiger partial charge on any atom is 0.306 e. The van der Waals surface area contributed by atoms with Gasteiger partial charge in [0.05, 0.1) is 11.6 Å². The van der Waals surface area contributed by atoms with E-state index in [0.29, 0.717) is 31.6 Å². The van der Waals surface area contributed by atoms with E-state index in [9.17, 15) is 13.6 Å². The third-order valence-corrected chi connectivity index (χ3v) is 4.89. The number of hydrogen-bond acceptors (Lipinski definition) is 4. The van der Waals surface area contributed by atoms with E-state index >= 15 is 0 Å². The molecule has 0 amide bonds. The Morgan fingerprint density at radius 3 is 2.42 bits per heavy atom. The molecular weight excluding hydrogens is 340 g/mol. The van der Waals surface area contributed by atoms with Gasteiger partial charge in [0.1, 0.15) is 5.69 Å². The van der Waals surface area contributed by atoms with Gasteiger partial charge in [-0.05, 0) is 49.9 Å². The van der Waals surface area contributed by atoms with E-state index in [-0.39, 0.29) is 11.6 Å². The van der Waals surface area contributed by atoms with E-state index in [1.54, 1.807) is 4.90 Å². The highest BCUT2D eigenvalue weighted by molar-refractivity contribution is 5.70. The zero-order valence-electron chi connectivity index (χ0n) is 14.7. The van der Waals surface area contributed by atoms with Crippen LogP contribution in [0.3, 0.4) is 0 Å². The van der Waals surface area contributed by atoms with Crippen molar-refractivity contribution in [2.45, 2.75) is 33.1 Å². The van der Waals surface area contributed by atoms with Crippen LogP contribution in [-0.2, 0) is 4.79 Å². The Hall–Kier alpha value is -2.57. The number of nitrogens with zero attached hydrogens (tertiary/aromatic N) is 3. The first-order valence-electron chi connectivity index (χ1n) is 8.57. The summed E-state index contributed by atoms with van der Waals surface area (Å²) in [5, 5.41) is 9.10. The Balaban J connectivity index is 1.94. The second kappa shape index (κ2) is 7.35. The lowest BCUT2D eigenvalue weighted by atomic mass is 9.97. The van der Waals surface area contributed by atoms with Crippen LogP contribution in [-0.4, -0.2) is 34.1 Å². The van der Waals surface area contributed by atoms with Gasteiger partial charge in [-0.3, -0.25) is 4.79 Å². The predicted molar refractivity (Wildman–Crippen MR) is 94.5 cm³/mol. The number of halogens is 2. The van der Waals surface area contributed by atoms with Crippen molar-refractivity contribution in [2.24, 2.45) is 5.92 Å². The van der Waals surface area contributed by atoms with E-state index in [0.717, 1.165) is 16.7 Å². The Morgan fingerprint density at radius 1 is 1.15 bits per heavy atom. The smallest absolute Gasteiger partial charge is 0.306 e. The highest BCUT2D eigenvalue weighted by Gasteiger charge is 2.27. The highest BCUT2D eigenvalue weighted by atomic mass is 19.3. The zero-order valence-corrected chi connectivity index (χ0v) is 14.7. The molecule has 1 saturated heterocycles. The van der Waals surface area contributed by atoms with E-state index in [2.05, 4.69) is 9.97 Å². The standard InChI is InChI=1S/C19H21F2N3O2/c1-11-3-4-14(9-12(11)2)15-10-16(17(20)21)23-19(22-15)24-7-5-13(6-8-24)18(25)26/h3-4,9-10,13,17H,5-8H2,1-2H3,(H,25,26). The number of piperidine rings is 1. The minimum Gasteiger partial charge on any atom is -0.481 e. The lowest BCUT2D eigenvalue weighted by molar-refractivity contribution is -0.142. The van der Waals surface area contributed by atoms with Crippen molar-refractivity contribution >= 4 is 11.9 Å². The quantitative estimate of drug-likeness (QED) is 0.892. The number of anilines is 1. The average Bonchev–Trinajstić information content (AvgIpc) is 2.63. The van der Waals surface area contributed by atoms with Crippen molar-refractivity contribution in [3.63, 3.8) is 0 Å². The molecule has 0 saturated carbocycles. The number of hydrogen-bond donors (Lipinski definition) is 1. The van der Waals surface area contributed by atoms with Crippen molar-refractivity contribution in [3.05, 3.63) is 41.1 Å². The van der Waals surface area contributed by atoms with Crippen molar-refractivity contribution in [1.82, 2.24) is 9.97 Å². The summed E-state index contributed by atoms with van der Waals surface area (Å²) in [6, 6.07) is 7.04. The lowest BCUT2D eigenvalue weighted by Gasteiger charge is -2.30. The maximum atomic E-state index is 13.3. The fourth-order valence-electron chi connectivity index (χ4n) is 3.08. The van der Waals surface area contributed by atoms with Gasteiger partial charge in [-0.2, -0.15) is 0 Å². The number of aryl methyl sites for hydroxylation is 2. The third kappa shape index (κ3) is 3.81. The number of benzene rings is 1. The molecule has 0 atom stereocenters. The first kappa shape index (κ1) is 18.2. The maximum absolute atomic E-state index is 13.3. The van der Waals surface area contributed by atoms with Crippen LogP contribution in [0.5, 0.6) is 0 Å². The molecule has 1 fully saturated rings. The van der Waals surface area contributed by atoms with E-state index in [1.807, 2.05) is 32.0 Å². The molecule has 5 nitrogen and oxygen atoms in total. The second-order valence-electron chi connectivity index (χ2n) is 6.68. The van der Waals surface area contributed by atoms with Crippen LogP contribution >= 0.6 is 0 Å². The summed E-state index contributed by atoms with van der Waals surface area (Å²) < 4.78 is 26.7. The fraction of sp³-hybridized carbons (Fsp3) is 0.421. The zero-order chi connectivity index (χ0) is 18.8. The molecule has 0 unspecified atom stereocenters. The molecule has 3 rings (SSSR count). The number of aromatic nitrogens is 2. The largest absolute Gasteiger partial charge is 0.481 e. The fourth-order valence-corrected chi connectivity index (χ4v) is 3.08. The molecule has 1 aliphatic heterocycles. The molecular formula is C19H21F2N3O2. The molecule has 0 spiro atoms. The SMILES string of the molecule is Cc1ccc(-c2cc(C(F)F)nc(N3CCC(C(=O)O)CC3)n2)cc1C. The summed E-state index contributed by atoms with van der Waals surface area (Å²) >= 11 is 0. The number of carbonyl (C=O) groups is 1. The Labute approximate surface area is 150 Å². The van der Waals surface area contributed by atoms with Crippen molar-refractivity contribution in [2.75, 3.05) is 18.0 Å². The number of carboxylic acid groups (broad SMARTS) is 1. The molecule has 2 aromatic rings.